The number of Topliss-reactive ketones (excluding diaryl/α,β-unsaturated/α-hetero) is 2. The number of amides is 1. The van der Waals surface area contributed by atoms with Gasteiger partial charge in [-0.1, -0.05) is 71.1 Å². The van der Waals surface area contributed by atoms with Gasteiger partial charge >= 0.3 is 5.97 Å². The molecule has 4 rings (SSSR count). The Hall–Kier alpha value is -3.08. The molecule has 0 spiro atoms. The van der Waals surface area contributed by atoms with Gasteiger partial charge in [-0.25, -0.2) is 4.79 Å². The average Bonchev–Trinajstić information content (AvgIpc) is 3.30. The van der Waals surface area contributed by atoms with E-state index < -0.39 is 84.1 Å². The van der Waals surface area contributed by atoms with Gasteiger partial charge in [0.1, 0.15) is 24.4 Å². The van der Waals surface area contributed by atoms with E-state index in [9.17, 15) is 34.5 Å². The second-order valence-electron chi connectivity index (χ2n) is 20.0. The number of carbonyl (C=O) groups is 4. The van der Waals surface area contributed by atoms with Gasteiger partial charge in [-0.15, -0.1) is 0 Å². The first kappa shape index (κ1) is 55.5. The number of rotatable bonds is 7. The number of cyclic esters (lactones) is 1. The molecule has 14 nitrogen and oxygen atoms in total. The molecule has 0 aromatic heterocycles. The fourth-order valence-corrected chi connectivity index (χ4v) is 10.6. The molecule has 1 aliphatic carbocycles. The first-order valence-corrected chi connectivity index (χ1v) is 24.5. The normalized spacial score (nSPS) is 41.1. The molecular weight excluding hydrogens is 847 g/mol. The molecule has 4 aliphatic rings. The van der Waals surface area contributed by atoms with Crippen LogP contribution in [0.15, 0.2) is 47.6 Å². The zero-order chi connectivity index (χ0) is 48.9. The van der Waals surface area contributed by atoms with E-state index >= 15 is 0 Å². The summed E-state index contributed by atoms with van der Waals surface area (Å²) in [5.41, 5.74) is 1.43. The minimum atomic E-state index is -2.40. The van der Waals surface area contributed by atoms with Crippen LogP contribution in [0, 0.1) is 35.5 Å². The van der Waals surface area contributed by atoms with Crippen LogP contribution in [0.4, 0.5) is 0 Å². The molecule has 0 radical (unpaired) electrons. The van der Waals surface area contributed by atoms with Crippen LogP contribution in [0.2, 0.25) is 0 Å². The van der Waals surface area contributed by atoms with Gasteiger partial charge in [0.15, 0.2) is 5.78 Å². The highest BCUT2D eigenvalue weighted by Crippen LogP contribution is 2.38. The molecule has 2 bridgehead atoms. The van der Waals surface area contributed by atoms with Crippen molar-refractivity contribution in [3.8, 4) is 0 Å². The summed E-state index contributed by atoms with van der Waals surface area (Å²) < 4.78 is 35.8. The highest BCUT2D eigenvalue weighted by atomic mass is 16.6. The van der Waals surface area contributed by atoms with E-state index in [1.165, 1.54) is 12.0 Å². The molecular formula is C52H83NO13. The van der Waals surface area contributed by atoms with Gasteiger partial charge < -0.3 is 48.6 Å². The van der Waals surface area contributed by atoms with Gasteiger partial charge in [0.2, 0.25) is 5.79 Å². The Balaban J connectivity index is 1.72. The van der Waals surface area contributed by atoms with Crippen molar-refractivity contribution >= 4 is 23.4 Å². The number of hydrogen-bond acceptors (Lipinski definition) is 13. The first-order valence-electron chi connectivity index (χ1n) is 24.5. The number of ketones is 2. The van der Waals surface area contributed by atoms with E-state index in [1.54, 1.807) is 35.2 Å². The Bertz CT molecular complexity index is 1730. The monoisotopic (exact) mass is 930 g/mol. The van der Waals surface area contributed by atoms with E-state index in [4.69, 9.17) is 28.4 Å². The van der Waals surface area contributed by atoms with Crippen LogP contribution in [0.1, 0.15) is 126 Å². The summed E-state index contributed by atoms with van der Waals surface area (Å²) >= 11 is 0. The van der Waals surface area contributed by atoms with Crippen LogP contribution in [0.3, 0.4) is 0 Å². The summed E-state index contributed by atoms with van der Waals surface area (Å²) in [5, 5.41) is 34.1. The molecule has 374 valence electrons. The van der Waals surface area contributed by atoms with Crippen LogP contribution < -0.4 is 0 Å². The molecule has 3 heterocycles. The summed E-state index contributed by atoms with van der Waals surface area (Å²) in [5.74, 6) is -6.69. The third kappa shape index (κ3) is 14.5. The number of piperidine rings is 1. The third-order valence-electron chi connectivity index (χ3n) is 14.9. The van der Waals surface area contributed by atoms with Crippen molar-refractivity contribution in [2.75, 3.05) is 35.0 Å². The topological polar surface area (TPSA) is 188 Å². The van der Waals surface area contributed by atoms with Crippen LogP contribution in [0.25, 0.3) is 0 Å². The van der Waals surface area contributed by atoms with Crippen LogP contribution in [-0.2, 0) is 47.6 Å². The zero-order valence-corrected chi connectivity index (χ0v) is 41.7. The third-order valence-corrected chi connectivity index (χ3v) is 14.9. The average molecular weight is 930 g/mol. The number of methoxy groups -OCH3 is 4. The Labute approximate surface area is 394 Å². The van der Waals surface area contributed by atoms with E-state index in [0.717, 1.165) is 12.0 Å². The lowest BCUT2D eigenvalue weighted by Crippen LogP contribution is -2.61. The van der Waals surface area contributed by atoms with Crippen molar-refractivity contribution in [2.24, 2.45) is 35.5 Å². The highest BCUT2D eigenvalue weighted by molar-refractivity contribution is 6.39. The van der Waals surface area contributed by atoms with Crippen molar-refractivity contribution in [1.29, 1.82) is 0 Å². The number of esters is 1. The number of hydrogen-bond donors (Lipinski definition) is 3. The second kappa shape index (κ2) is 26.1. The lowest BCUT2D eigenvalue weighted by atomic mass is 9.78. The van der Waals surface area contributed by atoms with Crippen molar-refractivity contribution in [2.45, 2.75) is 186 Å². The van der Waals surface area contributed by atoms with Crippen molar-refractivity contribution in [3.05, 3.63) is 47.6 Å². The van der Waals surface area contributed by atoms with Gasteiger partial charge in [0.25, 0.3) is 11.7 Å². The molecule has 1 saturated carbocycles. The van der Waals surface area contributed by atoms with Crippen molar-refractivity contribution in [1.82, 2.24) is 4.90 Å². The molecule has 3 aliphatic heterocycles. The van der Waals surface area contributed by atoms with E-state index in [1.807, 2.05) is 71.1 Å². The largest absolute Gasteiger partial charge is 0.460 e. The smallest absolute Gasteiger partial charge is 0.329 e. The highest BCUT2D eigenvalue weighted by Gasteiger charge is 2.53. The predicted octanol–water partition coefficient (Wildman–Crippen LogP) is 6.63. The van der Waals surface area contributed by atoms with Gasteiger partial charge in [0.05, 0.1) is 30.5 Å². The fraction of sp³-hybridized carbons (Fsp3) is 0.769. The summed E-state index contributed by atoms with van der Waals surface area (Å²) in [7, 11) is 6.20. The van der Waals surface area contributed by atoms with Gasteiger partial charge in [-0.2, -0.15) is 0 Å². The van der Waals surface area contributed by atoms with Crippen LogP contribution in [0.5, 0.6) is 0 Å². The fourth-order valence-electron chi connectivity index (χ4n) is 10.6. The number of aliphatic hydroxyl groups excluding tert-OH is 2. The van der Waals surface area contributed by atoms with E-state index in [2.05, 4.69) is 0 Å². The maximum atomic E-state index is 14.5. The molecule has 0 aromatic carbocycles. The number of nitrogens with zero attached hydrogens (tertiary/aromatic N) is 1. The van der Waals surface area contributed by atoms with Gasteiger partial charge in [-0.05, 0) is 107 Å². The van der Waals surface area contributed by atoms with E-state index in [0.29, 0.717) is 63.4 Å². The summed E-state index contributed by atoms with van der Waals surface area (Å²) in [6, 6.07) is -1.07. The van der Waals surface area contributed by atoms with E-state index in [-0.39, 0.29) is 54.9 Å². The molecule has 3 fully saturated rings. The summed E-state index contributed by atoms with van der Waals surface area (Å²) in [6.07, 6.45) is 12.5. The molecule has 14 heteroatoms. The summed E-state index contributed by atoms with van der Waals surface area (Å²) in [4.78, 5) is 58.1. The number of aliphatic hydroxyl groups is 3. The molecule has 3 N–H and O–H groups in total. The SMILES string of the molecule is CO[C@H]1C[C@@H]2CC[C@@H](C)[C@@](O)(O2)C(=O)C(=O)N2CCCC[C@H]2C(=O)O[C@H]([C@H](C)C[C@@H]2CC[C@@H](O)[C@H](OC)C2)C[C@@H](OC)[C@H](C)/C=C(\C)[C@@H](O)[C@@H](OC)C(=O)[C@H](C)C[C@H](C)/C=C/C=C/C=C/1C. The number of fused-ring (bicyclic) bond motifs is 3. The van der Waals surface area contributed by atoms with Gasteiger partial charge in [0, 0.05) is 65.6 Å². The number of ether oxygens (including phenoxy) is 6. The maximum absolute atomic E-state index is 14.5. The minimum absolute atomic E-state index is 0.0469. The lowest BCUT2D eigenvalue weighted by Gasteiger charge is -2.43. The number of carbonyl (C=O) groups excluding carboxylic acids is 4. The Morgan fingerprint density at radius 2 is 1.52 bits per heavy atom. The molecule has 2 saturated heterocycles. The Kier molecular flexibility index (Phi) is 21.9. The first-order chi connectivity index (χ1) is 31.3. The minimum Gasteiger partial charge on any atom is -0.460 e. The molecule has 66 heavy (non-hydrogen) atoms. The second-order valence-corrected chi connectivity index (χ2v) is 20.0. The standard InChI is InChI=1S/C52H83NO13/c1-31-17-13-12-14-18-32(2)42(61-8)29-39-22-20-37(7)52(60,66-39)49(57)50(58)53-24-16-15-19-40(53)51(59)65-44(34(4)27-38-21-23-41(54)45(28-38)63-10)30-43(62-9)33(3)26-36(6)47(56)48(64-11)46(55)35(5)25-31/h12-14,17-18,26,31,33-35,37-45,47-48,54,56,60H,15-16,19-25,27-30H2,1-11H3/b14-12+,17-13+,32-18+,36-26+/t31-,33-,34-,35-,37-,38+,39+,40+,41-,42+,43-,44+,45-,47-,48+,52-/m1/s1. The maximum Gasteiger partial charge on any atom is 0.329 e. The van der Waals surface area contributed by atoms with Gasteiger partial charge in [-0.3, -0.25) is 14.4 Å². The Morgan fingerprint density at radius 1 is 0.803 bits per heavy atom. The Morgan fingerprint density at radius 3 is 2.18 bits per heavy atom. The van der Waals surface area contributed by atoms with Crippen molar-refractivity contribution in [3.63, 3.8) is 0 Å². The lowest BCUT2D eigenvalue weighted by molar-refractivity contribution is -0.265. The molecule has 0 aromatic rings. The zero-order valence-electron chi connectivity index (χ0n) is 41.7. The summed E-state index contributed by atoms with van der Waals surface area (Å²) in [6.45, 7) is 13.4. The molecule has 0 unspecified atom stereocenters. The predicted molar refractivity (Wildman–Crippen MR) is 251 cm³/mol. The quantitative estimate of drug-likeness (QED) is 0.141. The van der Waals surface area contributed by atoms with Crippen LogP contribution >= 0.6 is 0 Å². The van der Waals surface area contributed by atoms with Crippen LogP contribution in [-0.4, -0.2) is 139 Å². The van der Waals surface area contributed by atoms with Crippen molar-refractivity contribution < 1.29 is 62.9 Å². The number of allylic oxidation sites excluding steroid dienone is 5. The molecule has 1 amide bonds. The molecule has 16 atom stereocenters.